The quantitative estimate of drug-likeness (QED) is 0.480. The van der Waals surface area contributed by atoms with Crippen LogP contribution >= 0.6 is 22.9 Å². The summed E-state index contributed by atoms with van der Waals surface area (Å²) in [5, 5.41) is 10.0. The van der Waals surface area contributed by atoms with Gasteiger partial charge in [-0.05, 0) is 35.9 Å². The number of alkyl halides is 1. The molecule has 168 valence electrons. The first-order chi connectivity index (χ1) is 15.8. The van der Waals surface area contributed by atoms with E-state index >= 15 is 0 Å². The van der Waals surface area contributed by atoms with Crippen LogP contribution in [0.15, 0.2) is 47.4 Å². The number of hydrogen-bond acceptors (Lipinski definition) is 6. The zero-order valence-electron chi connectivity index (χ0n) is 17.3. The van der Waals surface area contributed by atoms with Gasteiger partial charge in [0.2, 0.25) is 0 Å². The number of halogens is 2. The predicted octanol–water partition coefficient (Wildman–Crippen LogP) is 3.13. The first-order valence-electron chi connectivity index (χ1n) is 9.98. The molecule has 0 saturated carbocycles. The Labute approximate surface area is 195 Å². The fraction of sp³-hybridized carbons (Fsp3) is 0.174. The number of aromatic nitrogens is 2. The molecule has 0 unspecified atom stereocenters. The molecule has 7 nitrogen and oxygen atoms in total. The van der Waals surface area contributed by atoms with Crippen LogP contribution in [0.3, 0.4) is 0 Å². The Morgan fingerprint density at radius 3 is 2.67 bits per heavy atom. The Morgan fingerprint density at radius 1 is 1.30 bits per heavy atom. The minimum absolute atomic E-state index is 0.122. The van der Waals surface area contributed by atoms with Gasteiger partial charge in [-0.25, -0.2) is 9.37 Å². The van der Waals surface area contributed by atoms with Crippen molar-refractivity contribution < 1.29 is 19.0 Å². The lowest BCUT2D eigenvalue weighted by Crippen LogP contribution is -2.51. The Kier molecular flexibility index (Phi) is 5.30. The van der Waals surface area contributed by atoms with E-state index in [4.69, 9.17) is 16.3 Å². The van der Waals surface area contributed by atoms with Gasteiger partial charge >= 0.3 is 0 Å². The van der Waals surface area contributed by atoms with Gasteiger partial charge in [-0.1, -0.05) is 35.1 Å². The highest BCUT2D eigenvalue weighted by Gasteiger charge is 2.30. The number of benzene rings is 2. The molecule has 1 aliphatic rings. The van der Waals surface area contributed by atoms with Gasteiger partial charge in [0.05, 0.1) is 35.4 Å². The van der Waals surface area contributed by atoms with Gasteiger partial charge in [-0.15, -0.1) is 0 Å². The smallest absolute Gasteiger partial charge is 0.274 e. The van der Waals surface area contributed by atoms with Crippen molar-refractivity contribution in [2.75, 3.05) is 20.2 Å². The standard InChI is InChI=1S/C23H17ClFN3O4S/c1-32-18-7-12(6-16(24)20(18)29)8-19-22(31)28-11-17(26-23(28)33-19)13-2-4-14(5-3-13)21(30)27-9-15(25)10-27/h2-8,11,15,29H,9-10H2,1H3/b19-8-. The summed E-state index contributed by atoms with van der Waals surface area (Å²) in [6.45, 7) is 0.263. The van der Waals surface area contributed by atoms with Crippen molar-refractivity contribution in [2.24, 2.45) is 0 Å². The summed E-state index contributed by atoms with van der Waals surface area (Å²) < 4.78 is 20.0. The van der Waals surface area contributed by atoms with Crippen molar-refractivity contribution in [3.05, 3.63) is 73.6 Å². The molecule has 1 aliphatic heterocycles. The second kappa shape index (κ2) is 8.17. The number of carbonyl (C=O) groups excluding carboxylic acids is 1. The molecule has 3 heterocycles. The Bertz CT molecular complexity index is 1490. The molecule has 1 amide bonds. The summed E-state index contributed by atoms with van der Waals surface area (Å²) in [4.78, 5) is 31.7. The number of amides is 1. The van der Waals surface area contributed by atoms with Crippen molar-refractivity contribution in [2.45, 2.75) is 6.17 Å². The summed E-state index contributed by atoms with van der Waals surface area (Å²) in [5.74, 6) is -0.145. The maximum Gasteiger partial charge on any atom is 0.274 e. The molecule has 1 fully saturated rings. The summed E-state index contributed by atoms with van der Waals surface area (Å²) in [6.07, 6.45) is 2.37. The van der Waals surface area contributed by atoms with Crippen molar-refractivity contribution in [1.82, 2.24) is 14.3 Å². The molecule has 0 aliphatic carbocycles. The molecule has 5 rings (SSSR count). The van der Waals surface area contributed by atoms with Crippen LogP contribution in [-0.4, -0.2) is 51.7 Å². The van der Waals surface area contributed by atoms with E-state index in [0.717, 1.165) is 5.56 Å². The van der Waals surface area contributed by atoms with Gasteiger partial charge < -0.3 is 14.7 Å². The lowest BCUT2D eigenvalue weighted by atomic mass is 10.1. The van der Waals surface area contributed by atoms with E-state index in [1.807, 2.05) is 0 Å². The van der Waals surface area contributed by atoms with E-state index in [2.05, 4.69) is 4.98 Å². The molecule has 0 bridgehead atoms. The number of nitrogens with zero attached hydrogens (tertiary/aromatic N) is 3. The van der Waals surface area contributed by atoms with E-state index in [1.165, 1.54) is 27.7 Å². The number of fused-ring (bicyclic) bond motifs is 1. The topological polar surface area (TPSA) is 84.1 Å². The molecule has 0 radical (unpaired) electrons. The van der Waals surface area contributed by atoms with Gasteiger partial charge in [-0.3, -0.25) is 14.0 Å². The largest absolute Gasteiger partial charge is 0.503 e. The normalized spacial score (nSPS) is 14.6. The molecule has 4 aromatic rings. The number of aromatic hydroxyl groups is 1. The monoisotopic (exact) mass is 485 g/mol. The fourth-order valence-electron chi connectivity index (χ4n) is 3.61. The Morgan fingerprint density at radius 2 is 2.03 bits per heavy atom. The van der Waals surface area contributed by atoms with Gasteiger partial charge in [0, 0.05) is 17.3 Å². The zero-order valence-corrected chi connectivity index (χ0v) is 18.9. The number of hydrogen-bond donors (Lipinski definition) is 1. The SMILES string of the molecule is COc1cc(/C=c2\sc3nc(-c4ccc(C(=O)N5CC(F)C5)cc4)cn3c2=O)cc(Cl)c1O. The lowest BCUT2D eigenvalue weighted by molar-refractivity contribution is 0.0400. The molecule has 0 atom stereocenters. The summed E-state index contributed by atoms with van der Waals surface area (Å²) in [7, 11) is 1.42. The highest BCUT2D eigenvalue weighted by atomic mass is 35.5. The van der Waals surface area contributed by atoms with Gasteiger partial charge in [0.15, 0.2) is 16.5 Å². The third-order valence-corrected chi connectivity index (χ3v) is 6.70. The lowest BCUT2D eigenvalue weighted by Gasteiger charge is -2.34. The summed E-state index contributed by atoms with van der Waals surface area (Å²) >= 11 is 7.25. The first kappa shape index (κ1) is 21.4. The second-order valence-electron chi connectivity index (χ2n) is 7.63. The van der Waals surface area contributed by atoms with Crippen LogP contribution < -0.4 is 14.8 Å². The van der Waals surface area contributed by atoms with Crippen LogP contribution in [0.1, 0.15) is 15.9 Å². The Hall–Kier alpha value is -3.43. The number of methoxy groups -OCH3 is 1. The number of phenolic OH excluding ortho intramolecular Hbond substituents is 1. The van der Waals surface area contributed by atoms with E-state index in [0.29, 0.717) is 26.3 Å². The first-order valence-corrected chi connectivity index (χ1v) is 11.2. The zero-order chi connectivity index (χ0) is 23.3. The van der Waals surface area contributed by atoms with Crippen LogP contribution in [-0.2, 0) is 0 Å². The fourth-order valence-corrected chi connectivity index (χ4v) is 4.79. The maximum absolute atomic E-state index is 13.0. The number of ether oxygens (including phenoxy) is 1. The highest BCUT2D eigenvalue weighted by molar-refractivity contribution is 7.15. The Balaban J connectivity index is 1.44. The molecule has 1 N–H and O–H groups in total. The van der Waals surface area contributed by atoms with Crippen LogP contribution in [0, 0.1) is 0 Å². The van der Waals surface area contributed by atoms with E-state index < -0.39 is 6.17 Å². The average Bonchev–Trinajstić information content (AvgIpc) is 3.33. The van der Waals surface area contributed by atoms with Crippen molar-refractivity contribution in [3.8, 4) is 22.8 Å². The number of carbonyl (C=O) groups is 1. The predicted molar refractivity (Wildman–Crippen MR) is 124 cm³/mol. The number of thiazole rings is 1. The van der Waals surface area contributed by atoms with Crippen LogP contribution in [0.2, 0.25) is 5.02 Å². The van der Waals surface area contributed by atoms with Crippen molar-refractivity contribution in [1.29, 1.82) is 0 Å². The van der Waals surface area contributed by atoms with E-state index in [9.17, 15) is 19.1 Å². The second-order valence-corrected chi connectivity index (χ2v) is 9.05. The molecule has 10 heteroatoms. The number of rotatable bonds is 4. The number of phenols is 1. The van der Waals surface area contributed by atoms with Gasteiger partial charge in [0.1, 0.15) is 6.17 Å². The van der Waals surface area contributed by atoms with E-state index in [1.54, 1.807) is 48.7 Å². The molecule has 2 aromatic carbocycles. The van der Waals surface area contributed by atoms with Crippen molar-refractivity contribution >= 4 is 39.9 Å². The summed E-state index contributed by atoms with van der Waals surface area (Å²) in [6, 6.07) is 10.0. The molecular weight excluding hydrogens is 469 g/mol. The minimum atomic E-state index is -0.941. The molecule has 0 spiro atoms. The van der Waals surface area contributed by atoms with Crippen LogP contribution in [0.25, 0.3) is 22.3 Å². The number of likely N-dealkylation sites (tertiary alicyclic amines) is 1. The van der Waals surface area contributed by atoms with Crippen LogP contribution in [0.5, 0.6) is 11.5 Å². The van der Waals surface area contributed by atoms with Gasteiger partial charge in [-0.2, -0.15) is 0 Å². The third kappa shape index (κ3) is 3.83. The number of imidazole rings is 1. The van der Waals surface area contributed by atoms with E-state index in [-0.39, 0.29) is 41.1 Å². The summed E-state index contributed by atoms with van der Waals surface area (Å²) in [5.41, 5.74) is 2.22. The maximum atomic E-state index is 13.0. The third-order valence-electron chi connectivity index (χ3n) is 5.42. The average molecular weight is 486 g/mol. The van der Waals surface area contributed by atoms with Crippen molar-refractivity contribution in [3.63, 3.8) is 0 Å². The molecule has 1 saturated heterocycles. The molecular formula is C23H17ClFN3O4S. The molecule has 33 heavy (non-hydrogen) atoms. The molecule has 2 aromatic heterocycles. The van der Waals surface area contributed by atoms with Crippen LogP contribution in [0.4, 0.5) is 4.39 Å². The van der Waals surface area contributed by atoms with Gasteiger partial charge in [0.25, 0.3) is 11.5 Å². The minimum Gasteiger partial charge on any atom is -0.503 e. The highest BCUT2D eigenvalue weighted by Crippen LogP contribution is 2.35.